The third-order valence-corrected chi connectivity index (χ3v) is 3.36. The van der Waals surface area contributed by atoms with Crippen molar-refractivity contribution in [2.75, 3.05) is 0 Å². The van der Waals surface area contributed by atoms with E-state index in [-0.39, 0.29) is 0 Å². The van der Waals surface area contributed by atoms with Gasteiger partial charge in [0.05, 0.1) is 12.3 Å². The molecule has 1 unspecified atom stereocenters. The molecule has 1 atom stereocenters. The van der Waals surface area contributed by atoms with Gasteiger partial charge in [0.15, 0.2) is 0 Å². The highest BCUT2D eigenvalue weighted by Gasteiger charge is 2.11. The number of rotatable bonds is 5. The Balaban J connectivity index is 2.00. The van der Waals surface area contributed by atoms with E-state index in [0.717, 1.165) is 18.5 Å². The van der Waals surface area contributed by atoms with E-state index in [1.807, 2.05) is 28.4 Å². The van der Waals surface area contributed by atoms with Gasteiger partial charge in [-0.3, -0.25) is 4.68 Å². The maximum absolute atomic E-state index is 10.0. The Morgan fingerprint density at radius 2 is 2.44 bits per heavy atom. The molecule has 3 nitrogen and oxygen atoms in total. The van der Waals surface area contributed by atoms with E-state index in [1.54, 1.807) is 17.5 Å². The first-order chi connectivity index (χ1) is 7.79. The van der Waals surface area contributed by atoms with Gasteiger partial charge in [-0.15, -0.1) is 11.3 Å². The third kappa shape index (κ3) is 2.71. The van der Waals surface area contributed by atoms with Crippen LogP contribution in [-0.2, 0) is 13.0 Å². The van der Waals surface area contributed by atoms with E-state index in [4.69, 9.17) is 0 Å². The molecule has 0 saturated carbocycles. The van der Waals surface area contributed by atoms with Crippen LogP contribution in [-0.4, -0.2) is 14.9 Å². The SMILES string of the molecule is CCCn1cc(C(O)Cc2cccs2)cn1. The summed E-state index contributed by atoms with van der Waals surface area (Å²) in [5, 5.41) is 16.3. The lowest BCUT2D eigenvalue weighted by molar-refractivity contribution is 0.179. The van der Waals surface area contributed by atoms with Crippen molar-refractivity contribution in [2.45, 2.75) is 32.4 Å². The van der Waals surface area contributed by atoms with Gasteiger partial charge in [0.1, 0.15) is 0 Å². The zero-order chi connectivity index (χ0) is 11.4. The van der Waals surface area contributed by atoms with Crippen LogP contribution in [0.3, 0.4) is 0 Å². The Hall–Kier alpha value is -1.13. The van der Waals surface area contributed by atoms with Gasteiger partial charge in [0.2, 0.25) is 0 Å². The minimum absolute atomic E-state index is 0.441. The van der Waals surface area contributed by atoms with Crippen LogP contribution in [0, 0.1) is 0 Å². The minimum Gasteiger partial charge on any atom is -0.388 e. The maximum atomic E-state index is 10.0. The zero-order valence-corrected chi connectivity index (χ0v) is 10.2. The standard InChI is InChI=1S/C12H16N2OS/c1-2-5-14-9-10(8-13-14)12(15)7-11-4-3-6-16-11/h3-4,6,8-9,12,15H,2,5,7H2,1H3. The molecular weight excluding hydrogens is 220 g/mol. The lowest BCUT2D eigenvalue weighted by Gasteiger charge is -2.05. The van der Waals surface area contributed by atoms with E-state index in [9.17, 15) is 5.11 Å². The highest BCUT2D eigenvalue weighted by Crippen LogP contribution is 2.20. The molecule has 0 radical (unpaired) electrons. The van der Waals surface area contributed by atoms with E-state index < -0.39 is 6.10 Å². The van der Waals surface area contributed by atoms with Gasteiger partial charge in [-0.05, 0) is 17.9 Å². The molecule has 0 aromatic carbocycles. The Morgan fingerprint density at radius 1 is 1.56 bits per heavy atom. The Bertz CT molecular complexity index is 422. The molecule has 0 aliphatic heterocycles. The summed E-state index contributed by atoms with van der Waals surface area (Å²) in [7, 11) is 0. The van der Waals surface area contributed by atoms with Crippen molar-refractivity contribution in [3.05, 3.63) is 40.3 Å². The molecule has 2 aromatic rings. The van der Waals surface area contributed by atoms with Crippen molar-refractivity contribution in [1.29, 1.82) is 0 Å². The summed E-state index contributed by atoms with van der Waals surface area (Å²) in [6.45, 7) is 3.02. The molecule has 0 aliphatic rings. The number of hydrogen-bond donors (Lipinski definition) is 1. The van der Waals surface area contributed by atoms with Crippen LogP contribution < -0.4 is 0 Å². The van der Waals surface area contributed by atoms with Crippen molar-refractivity contribution >= 4 is 11.3 Å². The Labute approximate surface area is 99.4 Å². The normalized spacial score (nSPS) is 12.9. The topological polar surface area (TPSA) is 38.0 Å². The number of aryl methyl sites for hydroxylation is 1. The van der Waals surface area contributed by atoms with Crippen molar-refractivity contribution in [3.63, 3.8) is 0 Å². The average molecular weight is 236 g/mol. The van der Waals surface area contributed by atoms with Crippen LogP contribution >= 0.6 is 11.3 Å². The molecule has 0 spiro atoms. The van der Waals surface area contributed by atoms with Crippen LogP contribution in [0.1, 0.15) is 29.9 Å². The lowest BCUT2D eigenvalue weighted by atomic mass is 10.1. The van der Waals surface area contributed by atoms with Gasteiger partial charge in [0, 0.05) is 29.6 Å². The van der Waals surface area contributed by atoms with Gasteiger partial charge < -0.3 is 5.11 Å². The molecule has 4 heteroatoms. The van der Waals surface area contributed by atoms with Crippen molar-refractivity contribution in [2.24, 2.45) is 0 Å². The van der Waals surface area contributed by atoms with Crippen LogP contribution in [0.15, 0.2) is 29.9 Å². The minimum atomic E-state index is -0.441. The Morgan fingerprint density at radius 3 is 3.12 bits per heavy atom. The van der Waals surface area contributed by atoms with E-state index in [2.05, 4.69) is 12.0 Å². The fourth-order valence-corrected chi connectivity index (χ4v) is 2.38. The number of aromatic nitrogens is 2. The molecule has 16 heavy (non-hydrogen) atoms. The quantitative estimate of drug-likeness (QED) is 0.866. The molecule has 1 N–H and O–H groups in total. The predicted octanol–water partition coefficient (Wildman–Crippen LogP) is 2.63. The van der Waals surface area contributed by atoms with Crippen LogP contribution in [0.5, 0.6) is 0 Å². The third-order valence-electron chi connectivity index (χ3n) is 2.47. The van der Waals surface area contributed by atoms with Crippen LogP contribution in [0.25, 0.3) is 0 Å². The molecule has 2 heterocycles. The molecule has 0 aliphatic carbocycles. The first-order valence-electron chi connectivity index (χ1n) is 5.52. The van der Waals surface area contributed by atoms with Gasteiger partial charge in [0.25, 0.3) is 0 Å². The van der Waals surface area contributed by atoms with Crippen molar-refractivity contribution in [1.82, 2.24) is 9.78 Å². The van der Waals surface area contributed by atoms with Crippen LogP contribution in [0.2, 0.25) is 0 Å². The summed E-state index contributed by atoms with van der Waals surface area (Å²) in [6.07, 6.45) is 4.98. The largest absolute Gasteiger partial charge is 0.388 e. The van der Waals surface area contributed by atoms with Crippen molar-refractivity contribution < 1.29 is 5.11 Å². The summed E-state index contributed by atoms with van der Waals surface area (Å²) in [4.78, 5) is 1.20. The molecule has 0 fully saturated rings. The first-order valence-corrected chi connectivity index (χ1v) is 6.40. The summed E-state index contributed by atoms with van der Waals surface area (Å²) >= 11 is 1.68. The number of thiophene rings is 1. The van der Waals surface area contributed by atoms with Gasteiger partial charge in [-0.1, -0.05) is 13.0 Å². The summed E-state index contributed by atoms with van der Waals surface area (Å²) in [5.74, 6) is 0. The summed E-state index contributed by atoms with van der Waals surface area (Å²) in [5.41, 5.74) is 0.904. The highest BCUT2D eigenvalue weighted by molar-refractivity contribution is 7.09. The lowest BCUT2D eigenvalue weighted by Crippen LogP contribution is -2.00. The fraction of sp³-hybridized carbons (Fsp3) is 0.417. The smallest absolute Gasteiger partial charge is 0.0868 e. The van der Waals surface area contributed by atoms with Gasteiger partial charge in [-0.2, -0.15) is 5.10 Å². The van der Waals surface area contributed by atoms with E-state index in [0.29, 0.717) is 6.42 Å². The molecule has 0 bridgehead atoms. The fourth-order valence-electron chi connectivity index (χ4n) is 1.64. The van der Waals surface area contributed by atoms with E-state index >= 15 is 0 Å². The molecular formula is C12H16N2OS. The highest BCUT2D eigenvalue weighted by atomic mass is 32.1. The summed E-state index contributed by atoms with van der Waals surface area (Å²) < 4.78 is 1.88. The second-order valence-corrected chi connectivity index (χ2v) is 4.87. The average Bonchev–Trinajstić information content (AvgIpc) is 2.89. The molecule has 0 amide bonds. The van der Waals surface area contributed by atoms with Gasteiger partial charge >= 0.3 is 0 Å². The number of hydrogen-bond acceptors (Lipinski definition) is 3. The Kier molecular flexibility index (Phi) is 3.74. The monoisotopic (exact) mass is 236 g/mol. The van der Waals surface area contributed by atoms with Gasteiger partial charge in [-0.25, -0.2) is 0 Å². The number of nitrogens with zero attached hydrogens (tertiary/aromatic N) is 2. The first kappa shape index (κ1) is 11.4. The predicted molar refractivity (Wildman–Crippen MR) is 65.5 cm³/mol. The van der Waals surface area contributed by atoms with Crippen LogP contribution in [0.4, 0.5) is 0 Å². The molecule has 0 saturated heterocycles. The number of aliphatic hydroxyl groups is 1. The van der Waals surface area contributed by atoms with Crippen molar-refractivity contribution in [3.8, 4) is 0 Å². The second-order valence-electron chi connectivity index (χ2n) is 3.84. The molecule has 86 valence electrons. The second kappa shape index (κ2) is 5.27. The molecule has 2 rings (SSSR count). The maximum Gasteiger partial charge on any atom is 0.0868 e. The summed E-state index contributed by atoms with van der Waals surface area (Å²) in [6, 6.07) is 4.05. The molecule has 2 aromatic heterocycles. The number of aliphatic hydroxyl groups excluding tert-OH is 1. The van der Waals surface area contributed by atoms with E-state index in [1.165, 1.54) is 4.88 Å². The zero-order valence-electron chi connectivity index (χ0n) is 9.34.